The molecule has 0 amide bonds. The fourth-order valence-electron chi connectivity index (χ4n) is 3.25. The molecule has 3 rings (SSSR count). The Morgan fingerprint density at radius 3 is 2.33 bits per heavy atom. The number of nitrogens with one attached hydrogen (secondary N) is 1. The summed E-state index contributed by atoms with van der Waals surface area (Å²) in [6, 6.07) is 2.22. The van der Waals surface area contributed by atoms with Crippen LogP contribution in [0.3, 0.4) is 0 Å². The Labute approximate surface area is 135 Å². The van der Waals surface area contributed by atoms with Crippen LogP contribution in [0, 0.1) is 17.6 Å². The first-order valence-corrected chi connectivity index (χ1v) is 7.64. The molecular weight excluding hydrogens is 317 g/mol. The van der Waals surface area contributed by atoms with Gasteiger partial charge in [0.1, 0.15) is 11.6 Å². The molecule has 1 aliphatic carbocycles. The molecule has 1 aliphatic heterocycles. The molecule has 0 aromatic heterocycles. The predicted molar refractivity (Wildman–Crippen MR) is 83.1 cm³/mol. The van der Waals surface area contributed by atoms with Crippen molar-refractivity contribution in [2.45, 2.75) is 25.3 Å². The van der Waals surface area contributed by atoms with Crippen LogP contribution < -0.4 is 5.32 Å². The zero-order chi connectivity index (χ0) is 14.1. The van der Waals surface area contributed by atoms with Gasteiger partial charge in [-0.05, 0) is 30.9 Å². The molecule has 2 aliphatic rings. The standard InChI is InChI=1S/C15H19ClF2N2.ClH/c16-14-12(18)5-4-11(17)13(14)15(10-2-1-3-10)20-8-6-19-7-9-20;/h4-5,10,15,19H,1-3,6-9H2;1H/t15-;/m1./s1. The molecule has 1 aromatic rings. The van der Waals surface area contributed by atoms with E-state index in [1.54, 1.807) is 0 Å². The highest BCUT2D eigenvalue weighted by atomic mass is 35.5. The topological polar surface area (TPSA) is 15.3 Å². The van der Waals surface area contributed by atoms with Crippen molar-refractivity contribution in [2.24, 2.45) is 5.92 Å². The van der Waals surface area contributed by atoms with Gasteiger partial charge in [-0.25, -0.2) is 8.78 Å². The zero-order valence-electron chi connectivity index (χ0n) is 11.7. The number of piperazine rings is 1. The van der Waals surface area contributed by atoms with Gasteiger partial charge in [0.05, 0.1) is 5.02 Å². The van der Waals surface area contributed by atoms with E-state index in [1.807, 2.05) is 0 Å². The lowest BCUT2D eigenvalue weighted by Gasteiger charge is -2.43. The fraction of sp³-hybridized carbons (Fsp3) is 0.600. The minimum atomic E-state index is -0.525. The lowest BCUT2D eigenvalue weighted by molar-refractivity contribution is 0.0810. The zero-order valence-corrected chi connectivity index (χ0v) is 13.3. The first-order chi connectivity index (χ1) is 9.68. The number of hydrogen-bond acceptors (Lipinski definition) is 2. The summed E-state index contributed by atoms with van der Waals surface area (Å²) >= 11 is 6.08. The largest absolute Gasteiger partial charge is 0.314 e. The van der Waals surface area contributed by atoms with Crippen molar-refractivity contribution >= 4 is 24.0 Å². The van der Waals surface area contributed by atoms with Crippen molar-refractivity contribution in [3.8, 4) is 0 Å². The summed E-state index contributed by atoms with van der Waals surface area (Å²) in [5.74, 6) is -0.517. The monoisotopic (exact) mass is 336 g/mol. The molecule has 21 heavy (non-hydrogen) atoms. The van der Waals surface area contributed by atoms with Crippen LogP contribution in [0.25, 0.3) is 0 Å². The van der Waals surface area contributed by atoms with Crippen molar-refractivity contribution in [3.05, 3.63) is 34.4 Å². The first kappa shape index (κ1) is 16.9. The molecule has 1 aromatic carbocycles. The molecule has 1 heterocycles. The lowest BCUT2D eigenvalue weighted by Crippen LogP contribution is -2.48. The Balaban J connectivity index is 0.00000161. The summed E-state index contributed by atoms with van der Waals surface area (Å²) < 4.78 is 28.0. The quantitative estimate of drug-likeness (QED) is 0.845. The lowest BCUT2D eigenvalue weighted by atomic mass is 9.76. The Morgan fingerprint density at radius 1 is 1.14 bits per heavy atom. The van der Waals surface area contributed by atoms with Crippen molar-refractivity contribution in [3.63, 3.8) is 0 Å². The van der Waals surface area contributed by atoms with E-state index in [2.05, 4.69) is 10.2 Å². The minimum Gasteiger partial charge on any atom is -0.314 e. The maximum Gasteiger partial charge on any atom is 0.142 e. The van der Waals surface area contributed by atoms with Gasteiger partial charge >= 0.3 is 0 Å². The van der Waals surface area contributed by atoms with E-state index in [0.29, 0.717) is 11.5 Å². The van der Waals surface area contributed by atoms with E-state index in [-0.39, 0.29) is 29.3 Å². The van der Waals surface area contributed by atoms with Crippen molar-refractivity contribution in [2.75, 3.05) is 26.2 Å². The van der Waals surface area contributed by atoms with E-state index in [0.717, 1.165) is 45.1 Å². The molecule has 0 radical (unpaired) electrons. The highest BCUT2D eigenvalue weighted by Gasteiger charge is 2.36. The number of hydrogen-bond donors (Lipinski definition) is 1. The van der Waals surface area contributed by atoms with E-state index in [9.17, 15) is 8.78 Å². The smallest absolute Gasteiger partial charge is 0.142 e. The molecule has 0 unspecified atom stereocenters. The third kappa shape index (κ3) is 3.34. The van der Waals surface area contributed by atoms with Gasteiger partial charge in [-0.15, -0.1) is 12.4 Å². The molecular formula is C15H20Cl2F2N2. The summed E-state index contributed by atoms with van der Waals surface area (Å²) in [4.78, 5) is 2.25. The van der Waals surface area contributed by atoms with Gasteiger partial charge in [0, 0.05) is 37.8 Å². The Bertz CT molecular complexity index is 489. The highest BCUT2D eigenvalue weighted by Crippen LogP contribution is 2.44. The molecule has 2 fully saturated rings. The van der Waals surface area contributed by atoms with Crippen LogP contribution in [0.15, 0.2) is 12.1 Å². The molecule has 118 valence electrons. The van der Waals surface area contributed by atoms with E-state index in [4.69, 9.17) is 11.6 Å². The molecule has 1 atom stereocenters. The summed E-state index contributed by atoms with van der Waals surface area (Å²) in [5.41, 5.74) is 0.360. The van der Waals surface area contributed by atoms with Crippen LogP contribution in [0.4, 0.5) is 8.78 Å². The maximum absolute atomic E-state index is 14.3. The van der Waals surface area contributed by atoms with Crippen LogP contribution in [0.2, 0.25) is 5.02 Å². The number of benzene rings is 1. The second-order valence-electron chi connectivity index (χ2n) is 5.68. The van der Waals surface area contributed by atoms with Crippen LogP contribution in [0.5, 0.6) is 0 Å². The SMILES string of the molecule is Cl.Fc1ccc(F)c([C@@H](C2CCC2)N2CCNCC2)c1Cl. The maximum atomic E-state index is 14.3. The summed E-state index contributed by atoms with van der Waals surface area (Å²) in [6.07, 6.45) is 3.31. The number of halogens is 4. The van der Waals surface area contributed by atoms with Gasteiger partial charge in [0.25, 0.3) is 0 Å². The predicted octanol–water partition coefficient (Wildman–Crippen LogP) is 3.79. The second kappa shape index (κ2) is 7.23. The Kier molecular flexibility index (Phi) is 5.83. The Hall–Kier alpha value is -0.420. The average Bonchev–Trinajstić information content (AvgIpc) is 2.41. The van der Waals surface area contributed by atoms with Crippen molar-refractivity contribution in [1.82, 2.24) is 10.2 Å². The van der Waals surface area contributed by atoms with Gasteiger partial charge in [0.15, 0.2) is 0 Å². The van der Waals surface area contributed by atoms with Gasteiger partial charge in [0.2, 0.25) is 0 Å². The average molecular weight is 337 g/mol. The summed E-state index contributed by atoms with van der Waals surface area (Å²) in [6.45, 7) is 3.48. The molecule has 1 saturated heterocycles. The van der Waals surface area contributed by atoms with Gasteiger partial charge in [-0.1, -0.05) is 18.0 Å². The van der Waals surface area contributed by atoms with Gasteiger partial charge in [-0.3, -0.25) is 4.90 Å². The third-order valence-corrected chi connectivity index (χ3v) is 4.90. The third-order valence-electron chi connectivity index (χ3n) is 4.52. The minimum absolute atomic E-state index is 0. The van der Waals surface area contributed by atoms with Gasteiger partial charge < -0.3 is 5.32 Å². The van der Waals surface area contributed by atoms with E-state index < -0.39 is 5.82 Å². The molecule has 0 spiro atoms. The summed E-state index contributed by atoms with van der Waals surface area (Å²) in [5, 5.41) is 3.25. The molecule has 6 heteroatoms. The molecule has 1 N–H and O–H groups in total. The Morgan fingerprint density at radius 2 is 1.76 bits per heavy atom. The second-order valence-corrected chi connectivity index (χ2v) is 6.06. The van der Waals surface area contributed by atoms with Crippen LogP contribution in [-0.4, -0.2) is 31.1 Å². The van der Waals surface area contributed by atoms with Crippen LogP contribution in [-0.2, 0) is 0 Å². The van der Waals surface area contributed by atoms with E-state index >= 15 is 0 Å². The number of rotatable bonds is 3. The fourth-order valence-corrected chi connectivity index (χ4v) is 3.51. The summed E-state index contributed by atoms with van der Waals surface area (Å²) in [7, 11) is 0. The number of nitrogens with zero attached hydrogens (tertiary/aromatic N) is 1. The molecule has 1 saturated carbocycles. The van der Waals surface area contributed by atoms with Crippen molar-refractivity contribution < 1.29 is 8.78 Å². The van der Waals surface area contributed by atoms with Crippen LogP contribution in [0.1, 0.15) is 30.9 Å². The van der Waals surface area contributed by atoms with Gasteiger partial charge in [-0.2, -0.15) is 0 Å². The van der Waals surface area contributed by atoms with Crippen molar-refractivity contribution in [1.29, 1.82) is 0 Å². The molecule has 0 bridgehead atoms. The van der Waals surface area contributed by atoms with E-state index in [1.165, 1.54) is 12.5 Å². The van der Waals surface area contributed by atoms with Crippen LogP contribution >= 0.6 is 24.0 Å². The first-order valence-electron chi connectivity index (χ1n) is 7.26. The highest BCUT2D eigenvalue weighted by molar-refractivity contribution is 6.31. The normalized spacial score (nSPS) is 21.5. The molecule has 2 nitrogen and oxygen atoms in total.